The highest BCUT2D eigenvalue weighted by molar-refractivity contribution is 7.09. The fourth-order valence-corrected chi connectivity index (χ4v) is 20.9. The Morgan fingerprint density at radius 2 is 0.527 bits per heavy atom. The third-order valence-corrected chi connectivity index (χ3v) is 29.3. The van der Waals surface area contributed by atoms with Crippen LogP contribution in [0.5, 0.6) is 0 Å². The molecule has 12 aromatic heterocycles. The minimum atomic E-state index is 0.167. The van der Waals surface area contributed by atoms with Crippen LogP contribution in [0.2, 0.25) is 0 Å². The lowest BCUT2D eigenvalue weighted by Crippen LogP contribution is -2.12. The quantitative estimate of drug-likeness (QED) is 0.0490. The smallest absolute Gasteiger partial charge is 0.180 e. The second kappa shape index (κ2) is 50.2. The van der Waals surface area contributed by atoms with Crippen LogP contribution in [0, 0.1) is 23.7 Å². The van der Waals surface area contributed by atoms with Gasteiger partial charge in [0.1, 0.15) is 23.0 Å². The van der Waals surface area contributed by atoms with E-state index in [-0.39, 0.29) is 17.8 Å². The van der Waals surface area contributed by atoms with E-state index in [1.807, 2.05) is 183 Å². The molecular weight excluding hydrogens is 1820 g/mol. The Bertz CT molecular complexity index is 7070. The van der Waals surface area contributed by atoms with Crippen LogP contribution in [0.25, 0.3) is 78.8 Å². The van der Waals surface area contributed by atoms with E-state index in [4.69, 9.17) is 22.7 Å². The van der Waals surface area contributed by atoms with Gasteiger partial charge in [-0.1, -0.05) is 301 Å². The van der Waals surface area contributed by atoms with E-state index >= 15 is 0 Å². The lowest BCUT2D eigenvalue weighted by molar-refractivity contribution is 0.397. The highest BCUT2D eigenvalue weighted by atomic mass is 32.1. The molecule has 19 aromatic rings. The Labute approximate surface area is 859 Å². The number of pyridine rings is 7. The molecule has 19 heteroatoms. The van der Waals surface area contributed by atoms with Crippen LogP contribution in [-0.4, -0.2) is 72.2 Å². The number of hydrogen-bond donors (Lipinski definition) is 0. The fourth-order valence-electron chi connectivity index (χ4n) is 20.2. The standard InChI is InChI=1S/C21H22N2.C20H20N2O.C19H18N2.C18H16N2O.C17H16N2O.C16H14N2O.C16H14N2S/c1-2-6-16(7-3-1)20-11-10-18(15-23-20)21(17-8-4-5-9-17)19-12-13-22-14-19;1-2-6-15(7-3-1)18-11-10-17(12-22-18)20(16-8-4-5-9-16)19-13-21-14-23-19;1-2-4-14(5-3-1)18-9-8-16(13-21-18)19(15-6-7-15)17-10-11-20-12-17;1-2-4-13(5-3-1)16-9-8-15(10-20-16)18(14-6-7-14)17-11-19-12-21-17;1-2-15(17-11-18-12-20-17)14-8-9-16(19-10-14)13-6-4-3-5-7-13;2*1-12(16-10-17-11-19-16)14-7-8-15(18-9-14)13-5-3-2-4-6-13/h1-3,6-7,10-11,13-15,17,21H,4-5,8-9,12H2;1-3,6-7,10-14,16,20H,4-5,8-9H2;1-5,8-9,11-13,15,19H,6-7,10H2;1-5,8-12,14,18H,6-7H2;3-12,15H,2H2,1H3;2*2-12H,1H3. The van der Waals surface area contributed by atoms with E-state index in [0.717, 1.165) is 133 Å². The van der Waals surface area contributed by atoms with Crippen molar-refractivity contribution in [2.24, 2.45) is 33.7 Å². The van der Waals surface area contributed by atoms with Crippen molar-refractivity contribution in [2.75, 3.05) is 0 Å². The zero-order valence-electron chi connectivity index (χ0n) is 82.7. The summed E-state index contributed by atoms with van der Waals surface area (Å²) in [6.07, 6.45) is 55.9. The Kier molecular flexibility index (Phi) is 33.9. The van der Waals surface area contributed by atoms with Gasteiger partial charge in [-0.05, 0) is 174 Å². The predicted octanol–water partition coefficient (Wildman–Crippen LogP) is 31.8. The minimum absolute atomic E-state index is 0.167. The van der Waals surface area contributed by atoms with Crippen LogP contribution >= 0.6 is 11.3 Å². The van der Waals surface area contributed by atoms with Crippen molar-refractivity contribution in [3.8, 4) is 78.8 Å². The molecule has 0 radical (unpaired) electrons. The molecule has 146 heavy (non-hydrogen) atoms. The Morgan fingerprint density at radius 1 is 0.260 bits per heavy atom. The van der Waals surface area contributed by atoms with Gasteiger partial charge in [0, 0.05) is 172 Å². The van der Waals surface area contributed by atoms with Crippen LogP contribution in [0.15, 0.2) is 454 Å². The summed E-state index contributed by atoms with van der Waals surface area (Å²) in [5, 5.41) is 0. The Balaban J connectivity index is 0.000000108. The summed E-state index contributed by atoms with van der Waals surface area (Å²) in [4.78, 5) is 62.5. The molecular formula is C127H120N14O4S. The summed E-state index contributed by atoms with van der Waals surface area (Å²) in [5.74, 6) is 8.84. The van der Waals surface area contributed by atoms with Crippen molar-refractivity contribution in [3.63, 3.8) is 0 Å². The highest BCUT2D eigenvalue weighted by Crippen LogP contribution is 2.50. The number of allylic oxidation sites excluding steroid dienone is 2. The third kappa shape index (κ3) is 26.1. The van der Waals surface area contributed by atoms with Crippen molar-refractivity contribution < 1.29 is 17.7 Å². The van der Waals surface area contributed by atoms with Gasteiger partial charge in [-0.25, -0.2) is 19.9 Å². The molecule has 728 valence electrons. The zero-order chi connectivity index (χ0) is 99.1. The van der Waals surface area contributed by atoms with Gasteiger partial charge in [0.05, 0.1) is 70.2 Å². The molecule has 0 bridgehead atoms. The zero-order valence-corrected chi connectivity index (χ0v) is 83.5. The molecule has 25 rings (SSSR count). The highest BCUT2D eigenvalue weighted by Gasteiger charge is 2.38. The van der Waals surface area contributed by atoms with Gasteiger partial charge in [-0.15, -0.1) is 11.3 Å². The molecule has 6 aliphatic rings. The van der Waals surface area contributed by atoms with E-state index in [1.165, 1.54) is 158 Å². The summed E-state index contributed by atoms with van der Waals surface area (Å²) in [6.45, 7) is 6.41. The van der Waals surface area contributed by atoms with Gasteiger partial charge in [-0.3, -0.25) is 49.9 Å². The second-order valence-corrected chi connectivity index (χ2v) is 38.9. The predicted molar refractivity (Wildman–Crippen MR) is 584 cm³/mol. The number of aliphatic imine (C=N–C) groups is 2. The average molecular weight is 1940 g/mol. The van der Waals surface area contributed by atoms with Crippen molar-refractivity contribution in [3.05, 3.63) is 493 Å². The molecule has 2 aliphatic heterocycles. The van der Waals surface area contributed by atoms with Gasteiger partial charge < -0.3 is 17.7 Å². The molecule has 0 N–H and O–H groups in total. The first-order valence-corrected chi connectivity index (χ1v) is 52.0. The van der Waals surface area contributed by atoms with E-state index in [1.54, 1.807) is 23.7 Å². The van der Waals surface area contributed by atoms with Gasteiger partial charge >= 0.3 is 0 Å². The second-order valence-electron chi connectivity index (χ2n) is 38.0. The number of aromatic nitrogens is 12. The topological polar surface area (TPSA) is 232 Å². The van der Waals surface area contributed by atoms with E-state index in [0.29, 0.717) is 35.5 Å². The van der Waals surface area contributed by atoms with Gasteiger partial charge in [-0.2, -0.15) is 0 Å². The number of oxazole rings is 4. The molecule has 0 spiro atoms. The van der Waals surface area contributed by atoms with E-state index < -0.39 is 0 Å². The molecule has 4 aliphatic carbocycles. The normalized spacial score (nSPS) is 15.4. The molecule has 7 aromatic carbocycles. The number of rotatable bonds is 26. The molecule has 18 nitrogen and oxygen atoms in total. The van der Waals surface area contributed by atoms with Crippen molar-refractivity contribution in [1.82, 2.24) is 59.8 Å². The molecule has 4 saturated carbocycles. The summed E-state index contributed by atoms with van der Waals surface area (Å²) in [7, 11) is 0. The Hall–Kier alpha value is -16.1. The SMILES string of the molecule is C1=NC=C(C(c2ccc(-c3ccccc3)nc2)C2CC2)C1.C1=NC=C(C(c2ccc(-c3ccccc3)nc2)C2CCCC2)C1.CC(c1ccc(-c2ccccc2)nc1)c1cnco1.CC(c1ccc(-c2ccccc2)nc1)c1cncs1.CCC(c1ccc(-c2ccccc2)nc1)c1cnco1.c1ccc(-c2ccc(C(c3cnco3)C3CC3)cn2)cc1.c1ccc(-c2ccc(C(c3cnco3)C3CCCC3)cn2)cc1. The van der Waals surface area contributed by atoms with Crippen LogP contribution < -0.4 is 0 Å². The number of hydrogen-bond acceptors (Lipinski definition) is 19. The first kappa shape index (κ1) is 98.6. The molecule has 0 saturated heterocycles. The molecule has 14 heterocycles. The monoisotopic (exact) mass is 1940 g/mol. The van der Waals surface area contributed by atoms with Crippen LogP contribution in [0.1, 0.15) is 225 Å². The number of thiazole rings is 1. The maximum absolute atomic E-state index is 5.64. The lowest BCUT2D eigenvalue weighted by atomic mass is 9.79. The van der Waals surface area contributed by atoms with Crippen molar-refractivity contribution >= 4 is 23.8 Å². The van der Waals surface area contributed by atoms with Crippen molar-refractivity contribution in [1.29, 1.82) is 0 Å². The summed E-state index contributed by atoms with van der Waals surface area (Å²) < 4.78 is 21.9. The average Bonchev–Trinajstić information content (AvgIpc) is 1.65. The van der Waals surface area contributed by atoms with Gasteiger partial charge in [0.2, 0.25) is 0 Å². The lowest BCUT2D eigenvalue weighted by Gasteiger charge is -2.25. The van der Waals surface area contributed by atoms with Crippen molar-refractivity contribution in [2.45, 2.75) is 159 Å². The van der Waals surface area contributed by atoms with E-state index in [2.05, 4.69) is 292 Å². The maximum atomic E-state index is 5.64. The van der Waals surface area contributed by atoms with Crippen LogP contribution in [0.4, 0.5) is 0 Å². The third-order valence-electron chi connectivity index (χ3n) is 28.4. The molecule has 7 atom stereocenters. The summed E-state index contributed by atoms with van der Waals surface area (Å²) in [5.41, 5.74) is 28.6. The number of nitrogens with zero attached hydrogens (tertiary/aromatic N) is 14. The van der Waals surface area contributed by atoms with Gasteiger partial charge in [0.15, 0.2) is 25.6 Å². The summed E-state index contributed by atoms with van der Waals surface area (Å²) >= 11 is 1.69. The van der Waals surface area contributed by atoms with Crippen LogP contribution in [0.3, 0.4) is 0 Å². The maximum Gasteiger partial charge on any atom is 0.180 e. The fraction of sp³-hybridized carbons (Fsp3) is 0.228. The molecule has 4 fully saturated rings. The summed E-state index contributed by atoms with van der Waals surface area (Å²) in [6, 6.07) is 102. The van der Waals surface area contributed by atoms with E-state index in [9.17, 15) is 0 Å². The first-order chi connectivity index (χ1) is 72.2. The Morgan fingerprint density at radius 3 is 0.788 bits per heavy atom. The number of benzene rings is 7. The van der Waals surface area contributed by atoms with Gasteiger partial charge in [0.25, 0.3) is 0 Å². The minimum Gasteiger partial charge on any atom is -0.448 e. The molecule has 7 unspecified atom stereocenters. The van der Waals surface area contributed by atoms with Crippen LogP contribution in [-0.2, 0) is 0 Å². The largest absolute Gasteiger partial charge is 0.448 e. The molecule has 0 amide bonds. The first-order valence-electron chi connectivity index (χ1n) is 51.2.